The van der Waals surface area contributed by atoms with E-state index in [-0.39, 0.29) is 0 Å². The van der Waals surface area contributed by atoms with Crippen LogP contribution < -0.4 is 0 Å². The molecule has 0 aliphatic rings. The zero-order chi connectivity index (χ0) is 14.7. The molecule has 0 heterocycles. The summed E-state index contributed by atoms with van der Waals surface area (Å²) in [5.74, 6) is 6.20. The van der Waals surface area contributed by atoms with Gasteiger partial charge >= 0.3 is 0 Å². The van der Waals surface area contributed by atoms with Gasteiger partial charge in [-0.3, -0.25) is 0 Å². The van der Waals surface area contributed by atoms with E-state index < -0.39 is 5.62 Å². The second kappa shape index (κ2) is 11.1. The van der Waals surface area contributed by atoms with E-state index in [1.165, 1.54) is 0 Å². The number of rotatable bonds is 9. The minimum Gasteiger partial charge on any atom is -0.327 e. The third-order valence-electron chi connectivity index (χ3n) is 2.38. The van der Waals surface area contributed by atoms with Crippen LogP contribution in [0.2, 0.25) is 0 Å². The van der Waals surface area contributed by atoms with Crippen LogP contribution in [0, 0.1) is 11.8 Å². The lowest BCUT2D eigenvalue weighted by atomic mass is 10.4. The molecule has 0 N–H and O–H groups in total. The highest BCUT2D eigenvalue weighted by molar-refractivity contribution is 8.69. The molecule has 0 bridgehead atoms. The topological polar surface area (TPSA) is 12.5 Å². The SMILES string of the molecule is CCC#CCCN(C=S)P(=S)(OCC)SC(C)CC. The van der Waals surface area contributed by atoms with E-state index in [0.29, 0.717) is 11.9 Å². The molecule has 0 aliphatic heterocycles. The van der Waals surface area contributed by atoms with Crippen LogP contribution in [0.4, 0.5) is 0 Å². The molecular weight excluding hydrogens is 313 g/mol. The first-order valence-corrected chi connectivity index (χ1v) is 11.3. The Kier molecular flexibility index (Phi) is 11.4. The summed E-state index contributed by atoms with van der Waals surface area (Å²) in [5.41, 5.74) is -0.443. The molecule has 0 aromatic rings. The third-order valence-corrected chi connectivity index (χ3v) is 9.83. The maximum atomic E-state index is 5.88. The minimum absolute atomic E-state index is 0.483. The van der Waals surface area contributed by atoms with Crippen molar-refractivity contribution in [1.29, 1.82) is 0 Å². The zero-order valence-electron chi connectivity index (χ0n) is 12.2. The van der Waals surface area contributed by atoms with Crippen LogP contribution in [-0.4, -0.2) is 28.6 Å². The molecule has 0 fully saturated rings. The first-order valence-electron chi connectivity index (χ1n) is 6.65. The third kappa shape index (κ3) is 7.68. The van der Waals surface area contributed by atoms with Gasteiger partial charge < -0.3 is 9.19 Å². The number of thiocarbonyl (C=S) groups is 1. The first kappa shape index (κ1) is 19.4. The fourth-order valence-electron chi connectivity index (χ4n) is 1.25. The molecule has 19 heavy (non-hydrogen) atoms. The van der Waals surface area contributed by atoms with E-state index in [1.807, 2.05) is 18.5 Å². The average Bonchev–Trinajstić information content (AvgIpc) is 2.38. The molecule has 0 amide bonds. The van der Waals surface area contributed by atoms with E-state index in [0.717, 1.165) is 25.8 Å². The highest BCUT2D eigenvalue weighted by atomic mass is 32.9. The largest absolute Gasteiger partial charge is 0.327 e. The van der Waals surface area contributed by atoms with Gasteiger partial charge in [-0.05, 0) is 25.2 Å². The second-order valence-electron chi connectivity index (χ2n) is 3.94. The Balaban J connectivity index is 4.78. The van der Waals surface area contributed by atoms with E-state index in [4.69, 9.17) is 28.5 Å². The lowest BCUT2D eigenvalue weighted by Crippen LogP contribution is -2.20. The Morgan fingerprint density at radius 1 is 1.37 bits per heavy atom. The van der Waals surface area contributed by atoms with Gasteiger partial charge in [-0.1, -0.05) is 44.4 Å². The van der Waals surface area contributed by atoms with Crippen molar-refractivity contribution in [2.45, 2.75) is 52.2 Å². The Bertz CT molecular complexity index is 365. The molecule has 2 unspecified atom stereocenters. The lowest BCUT2D eigenvalue weighted by molar-refractivity contribution is 0.363. The quantitative estimate of drug-likeness (QED) is 0.338. The average molecular weight is 338 g/mol. The van der Waals surface area contributed by atoms with Gasteiger partial charge in [0.2, 0.25) is 5.62 Å². The Hall–Kier alpha value is 0.410. The molecule has 0 radical (unpaired) electrons. The van der Waals surface area contributed by atoms with Crippen LogP contribution in [0.5, 0.6) is 0 Å². The molecule has 110 valence electrons. The number of hydrogen-bond donors (Lipinski definition) is 0. The van der Waals surface area contributed by atoms with Gasteiger partial charge in [0.05, 0.1) is 12.1 Å². The van der Waals surface area contributed by atoms with E-state index in [9.17, 15) is 0 Å². The van der Waals surface area contributed by atoms with Gasteiger partial charge in [0.15, 0.2) is 0 Å². The molecule has 6 heteroatoms. The number of hydrogen-bond acceptors (Lipinski definition) is 4. The summed E-state index contributed by atoms with van der Waals surface area (Å²) in [7, 11) is 0. The molecule has 2 nitrogen and oxygen atoms in total. The highest BCUT2D eigenvalue weighted by Crippen LogP contribution is 2.64. The van der Waals surface area contributed by atoms with Crippen molar-refractivity contribution < 1.29 is 4.52 Å². The van der Waals surface area contributed by atoms with E-state index in [1.54, 1.807) is 16.9 Å². The van der Waals surface area contributed by atoms with Crippen LogP contribution in [0.15, 0.2) is 0 Å². The zero-order valence-corrected chi connectivity index (χ0v) is 15.6. The lowest BCUT2D eigenvalue weighted by Gasteiger charge is -2.33. The van der Waals surface area contributed by atoms with Gasteiger partial charge in [0.25, 0.3) is 0 Å². The minimum atomic E-state index is -2.09. The monoisotopic (exact) mass is 337 g/mol. The van der Waals surface area contributed by atoms with Crippen LogP contribution in [0.25, 0.3) is 0 Å². The molecule has 0 aromatic carbocycles. The molecule has 0 spiro atoms. The Labute approximate surface area is 132 Å². The smallest absolute Gasteiger partial charge is 0.213 e. The van der Waals surface area contributed by atoms with Crippen molar-refractivity contribution in [1.82, 2.24) is 4.67 Å². The highest BCUT2D eigenvalue weighted by Gasteiger charge is 2.27. The summed E-state index contributed by atoms with van der Waals surface area (Å²) in [6.45, 7) is 9.77. The van der Waals surface area contributed by atoms with E-state index in [2.05, 4.69) is 25.7 Å². The van der Waals surface area contributed by atoms with Gasteiger partial charge in [-0.25, -0.2) is 0 Å². The molecule has 2 atom stereocenters. The van der Waals surface area contributed by atoms with Crippen molar-refractivity contribution in [2.24, 2.45) is 0 Å². The molecular formula is C13H24NOPS3. The predicted molar refractivity (Wildman–Crippen MR) is 96.3 cm³/mol. The van der Waals surface area contributed by atoms with Crippen molar-refractivity contribution >= 4 is 46.5 Å². The normalized spacial score (nSPS) is 14.9. The van der Waals surface area contributed by atoms with Gasteiger partial charge in [-0.2, -0.15) is 0 Å². The van der Waals surface area contributed by atoms with Crippen molar-refractivity contribution in [3.05, 3.63) is 0 Å². The summed E-state index contributed by atoms with van der Waals surface area (Å²) >= 11 is 12.6. The molecule has 0 rings (SSSR count). The van der Waals surface area contributed by atoms with Gasteiger partial charge in [0.1, 0.15) is 0 Å². The molecule has 0 saturated heterocycles. The van der Waals surface area contributed by atoms with Crippen molar-refractivity contribution in [2.75, 3.05) is 13.2 Å². The summed E-state index contributed by atoms with van der Waals surface area (Å²) < 4.78 is 7.90. The fraction of sp³-hybridized carbons (Fsp3) is 0.769. The summed E-state index contributed by atoms with van der Waals surface area (Å²) in [4.78, 5) is 0. The fourth-order valence-corrected chi connectivity index (χ4v) is 8.91. The summed E-state index contributed by atoms with van der Waals surface area (Å²) in [6.07, 6.45) is 2.75. The Morgan fingerprint density at radius 3 is 2.53 bits per heavy atom. The van der Waals surface area contributed by atoms with Crippen molar-refractivity contribution in [3.8, 4) is 11.8 Å². The summed E-state index contributed by atoms with van der Waals surface area (Å²) in [6, 6.07) is 0. The first-order chi connectivity index (χ1) is 9.03. The number of nitrogens with zero attached hydrogens (tertiary/aromatic N) is 1. The molecule has 0 aromatic heterocycles. The van der Waals surface area contributed by atoms with Crippen LogP contribution in [0.3, 0.4) is 0 Å². The standard InChI is InChI=1S/C13H24NOPS3/c1-5-8-9-10-11-14(12-17)16(18,15-7-3)19-13(4)6-2/h12-13H,5-7,10-11H2,1-4H3. The van der Waals surface area contributed by atoms with Gasteiger partial charge in [0, 0.05) is 24.6 Å². The molecule has 0 aliphatic carbocycles. The van der Waals surface area contributed by atoms with Gasteiger partial charge in [-0.15, -0.1) is 11.8 Å². The summed E-state index contributed by atoms with van der Waals surface area (Å²) in [5, 5.41) is 0.483. The predicted octanol–water partition coefficient (Wildman–Crippen LogP) is 4.84. The van der Waals surface area contributed by atoms with Crippen LogP contribution >= 0.6 is 29.2 Å². The maximum Gasteiger partial charge on any atom is 0.213 e. The van der Waals surface area contributed by atoms with E-state index >= 15 is 0 Å². The van der Waals surface area contributed by atoms with Crippen LogP contribution in [0.1, 0.15) is 47.0 Å². The van der Waals surface area contributed by atoms with Crippen LogP contribution in [-0.2, 0) is 16.3 Å². The second-order valence-corrected chi connectivity index (χ2v) is 11.2. The van der Waals surface area contributed by atoms with Crippen molar-refractivity contribution in [3.63, 3.8) is 0 Å². The maximum absolute atomic E-state index is 5.88. The molecule has 0 saturated carbocycles. The Morgan fingerprint density at radius 2 is 2.05 bits per heavy atom.